The summed E-state index contributed by atoms with van der Waals surface area (Å²) in [4.78, 5) is 16.0. The summed E-state index contributed by atoms with van der Waals surface area (Å²) >= 11 is 0. The summed E-state index contributed by atoms with van der Waals surface area (Å²) in [6.45, 7) is 4.49. The summed E-state index contributed by atoms with van der Waals surface area (Å²) in [5, 5.41) is 3.20. The van der Waals surface area contributed by atoms with Gasteiger partial charge < -0.3 is 4.74 Å². The molecule has 19 heavy (non-hydrogen) atoms. The van der Waals surface area contributed by atoms with Crippen molar-refractivity contribution in [2.24, 2.45) is 5.92 Å². The van der Waals surface area contributed by atoms with Crippen LogP contribution in [-0.2, 0) is 15.1 Å². The smallest absolute Gasteiger partial charge is 0.330 e. The van der Waals surface area contributed by atoms with E-state index in [1.165, 1.54) is 25.1 Å². The highest BCUT2D eigenvalue weighted by atomic mass is 19.1. The number of carbonyl (C=O) groups excluding carboxylic acids is 1. The molecule has 1 aliphatic rings. The molecule has 0 spiro atoms. The lowest BCUT2D eigenvalue weighted by atomic mass is 9.93. The van der Waals surface area contributed by atoms with Gasteiger partial charge in [-0.05, 0) is 45.2 Å². The second kappa shape index (κ2) is 5.65. The average molecular weight is 266 g/mol. The Hall–Kier alpha value is -1.49. The molecular weight excluding hydrogens is 247 g/mol. The number of hydrogen-bond acceptors (Lipinski definition) is 4. The van der Waals surface area contributed by atoms with Crippen LogP contribution in [0.2, 0.25) is 0 Å². The fraction of sp³-hybridized carbons (Fsp3) is 0.571. The van der Waals surface area contributed by atoms with Gasteiger partial charge in [0.05, 0.1) is 12.8 Å². The van der Waals surface area contributed by atoms with E-state index < -0.39 is 17.3 Å². The largest absolute Gasteiger partial charge is 0.464 e. The maximum atomic E-state index is 13.3. The predicted octanol–water partition coefficient (Wildman–Crippen LogP) is 2.00. The minimum atomic E-state index is -1.05. The SMILES string of the molecule is CCOC(=O)C(C)(NCC1CC1)c1cncc(F)c1. The normalized spacial score (nSPS) is 17.8. The zero-order chi connectivity index (χ0) is 13.9. The molecule has 1 aliphatic carbocycles. The molecule has 1 atom stereocenters. The molecule has 0 saturated heterocycles. The minimum absolute atomic E-state index is 0.294. The summed E-state index contributed by atoms with van der Waals surface area (Å²) in [5.41, 5.74) is -0.556. The van der Waals surface area contributed by atoms with Crippen molar-refractivity contribution in [2.75, 3.05) is 13.2 Å². The maximum absolute atomic E-state index is 13.3. The van der Waals surface area contributed by atoms with Crippen LogP contribution in [0, 0.1) is 11.7 Å². The van der Waals surface area contributed by atoms with E-state index in [0.717, 1.165) is 12.7 Å². The maximum Gasteiger partial charge on any atom is 0.330 e. The van der Waals surface area contributed by atoms with Crippen molar-refractivity contribution in [3.05, 3.63) is 29.8 Å². The molecule has 0 amide bonds. The lowest BCUT2D eigenvalue weighted by molar-refractivity contribution is -0.151. The average Bonchev–Trinajstić information content (AvgIpc) is 3.20. The molecule has 1 aromatic heterocycles. The van der Waals surface area contributed by atoms with Crippen LogP contribution < -0.4 is 5.32 Å². The van der Waals surface area contributed by atoms with E-state index >= 15 is 0 Å². The number of pyridine rings is 1. The molecule has 0 radical (unpaired) electrons. The van der Waals surface area contributed by atoms with Crippen LogP contribution in [0.25, 0.3) is 0 Å². The highest BCUT2D eigenvalue weighted by molar-refractivity contribution is 5.82. The van der Waals surface area contributed by atoms with E-state index in [2.05, 4.69) is 10.3 Å². The van der Waals surface area contributed by atoms with Gasteiger partial charge in [-0.25, -0.2) is 9.18 Å². The molecule has 0 bridgehead atoms. The molecule has 1 saturated carbocycles. The molecule has 1 heterocycles. The second-order valence-corrected chi connectivity index (χ2v) is 5.06. The van der Waals surface area contributed by atoms with Crippen molar-refractivity contribution in [3.8, 4) is 0 Å². The fourth-order valence-electron chi connectivity index (χ4n) is 1.92. The summed E-state index contributed by atoms with van der Waals surface area (Å²) in [6.07, 6.45) is 4.97. The Balaban J connectivity index is 2.22. The number of nitrogens with one attached hydrogen (secondary N) is 1. The van der Waals surface area contributed by atoms with Crippen LogP contribution in [0.3, 0.4) is 0 Å². The third-order valence-corrected chi connectivity index (χ3v) is 3.41. The van der Waals surface area contributed by atoms with Crippen LogP contribution in [0.5, 0.6) is 0 Å². The minimum Gasteiger partial charge on any atom is -0.464 e. The van der Waals surface area contributed by atoms with Gasteiger partial charge in [-0.3, -0.25) is 10.3 Å². The Bertz CT molecular complexity index is 463. The lowest BCUT2D eigenvalue weighted by Gasteiger charge is -2.28. The molecule has 0 aromatic carbocycles. The molecule has 5 heteroatoms. The molecule has 4 nitrogen and oxygen atoms in total. The van der Waals surface area contributed by atoms with Gasteiger partial charge in [-0.1, -0.05) is 0 Å². The standard InChI is InChI=1S/C14H19FN2O2/c1-3-19-13(18)14(2,17-7-10-4-5-10)11-6-12(15)9-16-8-11/h6,8-10,17H,3-5,7H2,1-2H3. The quantitative estimate of drug-likeness (QED) is 0.800. The number of ether oxygens (including phenoxy) is 1. The first-order chi connectivity index (χ1) is 9.06. The van der Waals surface area contributed by atoms with Gasteiger partial charge in [0.25, 0.3) is 0 Å². The number of rotatable bonds is 6. The molecular formula is C14H19FN2O2. The number of carbonyl (C=O) groups is 1. The zero-order valence-electron chi connectivity index (χ0n) is 11.3. The van der Waals surface area contributed by atoms with Crippen molar-refractivity contribution in [2.45, 2.75) is 32.2 Å². The number of hydrogen-bond donors (Lipinski definition) is 1. The number of nitrogens with zero attached hydrogens (tertiary/aromatic N) is 1. The molecule has 0 aliphatic heterocycles. The Kier molecular flexibility index (Phi) is 4.14. The second-order valence-electron chi connectivity index (χ2n) is 5.06. The van der Waals surface area contributed by atoms with Crippen molar-refractivity contribution in [3.63, 3.8) is 0 Å². The van der Waals surface area contributed by atoms with Gasteiger partial charge in [-0.15, -0.1) is 0 Å². The fourth-order valence-corrected chi connectivity index (χ4v) is 1.92. The monoisotopic (exact) mass is 266 g/mol. The molecule has 1 aromatic rings. The lowest BCUT2D eigenvalue weighted by Crippen LogP contribution is -2.48. The Morgan fingerprint density at radius 2 is 2.32 bits per heavy atom. The topological polar surface area (TPSA) is 51.2 Å². The van der Waals surface area contributed by atoms with E-state index in [9.17, 15) is 9.18 Å². The third kappa shape index (κ3) is 3.29. The summed E-state index contributed by atoms with van der Waals surface area (Å²) in [6, 6.07) is 1.32. The number of halogens is 1. The molecule has 2 rings (SSSR count). The van der Waals surface area contributed by atoms with Crippen molar-refractivity contribution in [1.29, 1.82) is 0 Å². The zero-order valence-corrected chi connectivity index (χ0v) is 11.3. The van der Waals surface area contributed by atoms with Crippen LogP contribution in [-0.4, -0.2) is 24.1 Å². The van der Waals surface area contributed by atoms with Crippen LogP contribution in [0.1, 0.15) is 32.3 Å². The van der Waals surface area contributed by atoms with Gasteiger partial charge in [0.2, 0.25) is 0 Å². The number of esters is 1. The first-order valence-corrected chi connectivity index (χ1v) is 6.59. The highest BCUT2D eigenvalue weighted by Crippen LogP contribution is 2.30. The van der Waals surface area contributed by atoms with E-state index in [-0.39, 0.29) is 0 Å². The van der Waals surface area contributed by atoms with E-state index in [0.29, 0.717) is 18.1 Å². The molecule has 1 unspecified atom stereocenters. The van der Waals surface area contributed by atoms with Crippen molar-refractivity contribution >= 4 is 5.97 Å². The predicted molar refractivity (Wildman–Crippen MR) is 68.9 cm³/mol. The van der Waals surface area contributed by atoms with Gasteiger partial charge in [0.15, 0.2) is 0 Å². The first-order valence-electron chi connectivity index (χ1n) is 6.59. The van der Waals surface area contributed by atoms with Gasteiger partial charge in [0, 0.05) is 11.8 Å². The Morgan fingerprint density at radius 1 is 1.58 bits per heavy atom. The Labute approximate surface area is 112 Å². The van der Waals surface area contributed by atoms with Crippen LogP contribution in [0.15, 0.2) is 18.5 Å². The van der Waals surface area contributed by atoms with Gasteiger partial charge >= 0.3 is 5.97 Å². The summed E-state index contributed by atoms with van der Waals surface area (Å²) < 4.78 is 18.4. The van der Waals surface area contributed by atoms with Crippen LogP contribution >= 0.6 is 0 Å². The van der Waals surface area contributed by atoms with Crippen molar-refractivity contribution in [1.82, 2.24) is 10.3 Å². The number of aromatic nitrogens is 1. The Morgan fingerprint density at radius 3 is 2.89 bits per heavy atom. The van der Waals surface area contributed by atoms with Crippen molar-refractivity contribution < 1.29 is 13.9 Å². The molecule has 1 fully saturated rings. The van der Waals surface area contributed by atoms with E-state index in [1.807, 2.05) is 0 Å². The van der Waals surface area contributed by atoms with Crippen LogP contribution in [0.4, 0.5) is 4.39 Å². The highest BCUT2D eigenvalue weighted by Gasteiger charge is 2.38. The van der Waals surface area contributed by atoms with Gasteiger partial charge in [-0.2, -0.15) is 0 Å². The van der Waals surface area contributed by atoms with E-state index in [4.69, 9.17) is 4.74 Å². The van der Waals surface area contributed by atoms with E-state index in [1.54, 1.807) is 13.8 Å². The van der Waals surface area contributed by atoms with Gasteiger partial charge in [0.1, 0.15) is 11.4 Å². The summed E-state index contributed by atoms with van der Waals surface area (Å²) in [7, 11) is 0. The first kappa shape index (κ1) is 13.9. The molecule has 1 N–H and O–H groups in total. The summed E-state index contributed by atoms with van der Waals surface area (Å²) in [5.74, 6) is -0.250. The molecule has 104 valence electrons. The third-order valence-electron chi connectivity index (χ3n) is 3.41.